The highest BCUT2D eigenvalue weighted by molar-refractivity contribution is 7.99. The maximum absolute atomic E-state index is 10.9. The van der Waals surface area contributed by atoms with Crippen molar-refractivity contribution in [3.05, 3.63) is 39.9 Å². The maximum Gasteiger partial charge on any atom is 0.275 e. The number of nitrogens with one attached hydrogen (secondary N) is 1. The van der Waals surface area contributed by atoms with E-state index in [1.165, 1.54) is 0 Å². The number of rotatable bonds is 2. The van der Waals surface area contributed by atoms with Crippen molar-refractivity contribution in [2.45, 2.75) is 24.8 Å². The van der Waals surface area contributed by atoms with Crippen LogP contribution in [0.5, 0.6) is 0 Å². The Morgan fingerprint density at radius 3 is 2.94 bits per heavy atom. The van der Waals surface area contributed by atoms with Gasteiger partial charge < -0.3 is 0 Å². The van der Waals surface area contributed by atoms with Crippen LogP contribution in [-0.4, -0.2) is 16.7 Å². The lowest BCUT2D eigenvalue weighted by atomic mass is 10.1. The van der Waals surface area contributed by atoms with Gasteiger partial charge in [0.1, 0.15) is 0 Å². The molecule has 0 aromatic heterocycles. The number of nitro benzene ring substituents is 1. The van der Waals surface area contributed by atoms with Crippen LogP contribution in [0.1, 0.15) is 24.3 Å². The molecule has 1 aliphatic rings. The van der Waals surface area contributed by atoms with Crippen LogP contribution in [0.25, 0.3) is 0 Å². The average Bonchev–Trinajstić information content (AvgIpc) is 2.29. The van der Waals surface area contributed by atoms with Crippen LogP contribution in [0, 0.1) is 10.1 Å². The molecule has 0 bridgehead atoms. The average molecular weight is 238 g/mol. The number of hydrogen-bond acceptors (Lipinski definition) is 4. The van der Waals surface area contributed by atoms with E-state index in [-0.39, 0.29) is 16.0 Å². The summed E-state index contributed by atoms with van der Waals surface area (Å²) in [6.45, 7) is 2.11. The Hall–Kier alpha value is -1.07. The summed E-state index contributed by atoms with van der Waals surface area (Å²) in [5.74, 6) is 1.05. The van der Waals surface area contributed by atoms with Crippen molar-refractivity contribution >= 4 is 17.4 Å². The first-order valence-electron chi connectivity index (χ1n) is 5.29. The van der Waals surface area contributed by atoms with Crippen molar-refractivity contribution in [3.8, 4) is 0 Å². The van der Waals surface area contributed by atoms with Gasteiger partial charge >= 0.3 is 0 Å². The minimum absolute atomic E-state index is 0.0466. The first-order valence-corrected chi connectivity index (χ1v) is 6.34. The molecule has 1 aromatic rings. The monoisotopic (exact) mass is 238 g/mol. The van der Waals surface area contributed by atoms with Gasteiger partial charge in [-0.25, -0.2) is 0 Å². The van der Waals surface area contributed by atoms with Crippen LogP contribution in [0.4, 0.5) is 5.69 Å². The number of benzene rings is 1. The Morgan fingerprint density at radius 1 is 1.50 bits per heavy atom. The normalized spacial score (nSPS) is 25.3. The van der Waals surface area contributed by atoms with Crippen LogP contribution in [0.15, 0.2) is 24.3 Å². The summed E-state index contributed by atoms with van der Waals surface area (Å²) in [5.41, 5.74) is 0.991. The van der Waals surface area contributed by atoms with E-state index in [2.05, 4.69) is 12.2 Å². The van der Waals surface area contributed by atoms with Gasteiger partial charge in [-0.3, -0.25) is 15.4 Å². The summed E-state index contributed by atoms with van der Waals surface area (Å²) in [6.07, 6.45) is 1.11. The fraction of sp³-hybridized carbons (Fsp3) is 0.455. The fourth-order valence-electron chi connectivity index (χ4n) is 1.81. The smallest absolute Gasteiger partial charge is 0.275 e. The summed E-state index contributed by atoms with van der Waals surface area (Å²) in [6, 6.07) is 7.38. The van der Waals surface area contributed by atoms with Crippen LogP contribution in [0.3, 0.4) is 0 Å². The van der Waals surface area contributed by atoms with E-state index >= 15 is 0 Å². The predicted molar refractivity (Wildman–Crippen MR) is 65.5 cm³/mol. The molecule has 4 nitrogen and oxygen atoms in total. The topological polar surface area (TPSA) is 55.2 Å². The molecule has 1 aliphatic heterocycles. The first kappa shape index (κ1) is 11.4. The van der Waals surface area contributed by atoms with E-state index in [0.29, 0.717) is 6.04 Å². The summed E-state index contributed by atoms with van der Waals surface area (Å²) in [7, 11) is 0. The van der Waals surface area contributed by atoms with Crippen LogP contribution >= 0.6 is 11.8 Å². The molecule has 0 amide bonds. The maximum atomic E-state index is 10.9. The Balaban J connectivity index is 2.28. The lowest BCUT2D eigenvalue weighted by Gasteiger charge is -2.28. The van der Waals surface area contributed by atoms with Crippen LogP contribution in [-0.2, 0) is 0 Å². The predicted octanol–water partition coefficient (Wildman–Crippen LogP) is 2.71. The Bertz CT molecular complexity index is 397. The highest BCUT2D eigenvalue weighted by Gasteiger charge is 2.25. The second-order valence-electron chi connectivity index (χ2n) is 3.92. The Kier molecular flexibility index (Phi) is 3.46. The van der Waals surface area contributed by atoms with Crippen molar-refractivity contribution in [3.63, 3.8) is 0 Å². The zero-order valence-corrected chi connectivity index (χ0v) is 9.87. The number of hydrogen-bond donors (Lipinski definition) is 1. The summed E-state index contributed by atoms with van der Waals surface area (Å²) >= 11 is 1.74. The molecule has 1 heterocycles. The molecule has 1 saturated heterocycles. The van der Waals surface area contributed by atoms with E-state index in [1.54, 1.807) is 23.9 Å². The van der Waals surface area contributed by atoms with Gasteiger partial charge in [-0.2, -0.15) is 0 Å². The minimum atomic E-state index is -0.309. The van der Waals surface area contributed by atoms with Gasteiger partial charge in [-0.05, 0) is 25.2 Å². The number of nitro groups is 1. The molecule has 1 fully saturated rings. The molecule has 2 unspecified atom stereocenters. The van der Waals surface area contributed by atoms with E-state index in [1.807, 2.05) is 12.1 Å². The van der Waals surface area contributed by atoms with Crippen molar-refractivity contribution in [1.82, 2.24) is 5.32 Å². The molecule has 1 aromatic carbocycles. The van der Waals surface area contributed by atoms with Gasteiger partial charge in [0.2, 0.25) is 0 Å². The van der Waals surface area contributed by atoms with Gasteiger partial charge in [0.25, 0.3) is 5.69 Å². The molecule has 0 aliphatic carbocycles. The Labute approximate surface area is 98.6 Å². The number of para-hydroxylation sites is 1. The molecule has 2 rings (SSSR count). The van der Waals surface area contributed by atoms with Crippen molar-refractivity contribution in [2.24, 2.45) is 0 Å². The van der Waals surface area contributed by atoms with E-state index in [9.17, 15) is 10.1 Å². The van der Waals surface area contributed by atoms with Crippen LogP contribution < -0.4 is 5.32 Å². The van der Waals surface area contributed by atoms with E-state index < -0.39 is 0 Å². The quantitative estimate of drug-likeness (QED) is 0.635. The van der Waals surface area contributed by atoms with Gasteiger partial charge in [0.15, 0.2) is 0 Å². The highest BCUT2D eigenvalue weighted by atomic mass is 32.2. The SMILES string of the molecule is CC1CCSC(c2ccccc2[N+](=O)[O-])N1. The summed E-state index contributed by atoms with van der Waals surface area (Å²) in [5, 5.41) is 14.3. The summed E-state index contributed by atoms with van der Waals surface area (Å²) in [4.78, 5) is 10.6. The fourth-order valence-corrected chi connectivity index (χ4v) is 3.24. The van der Waals surface area contributed by atoms with Gasteiger partial charge in [-0.1, -0.05) is 12.1 Å². The third kappa shape index (κ3) is 2.36. The van der Waals surface area contributed by atoms with Gasteiger partial charge in [-0.15, -0.1) is 11.8 Å². The second kappa shape index (κ2) is 4.84. The molecule has 0 saturated carbocycles. The molecule has 16 heavy (non-hydrogen) atoms. The number of nitrogens with zero attached hydrogens (tertiary/aromatic N) is 1. The standard InChI is InChI=1S/C11H14N2O2S/c1-8-6-7-16-11(12-8)9-4-2-3-5-10(9)13(14)15/h2-5,8,11-12H,6-7H2,1H3. The van der Waals surface area contributed by atoms with Gasteiger partial charge in [0, 0.05) is 12.1 Å². The molecule has 1 N–H and O–H groups in total. The molecular formula is C11H14N2O2S. The molecule has 0 radical (unpaired) electrons. The summed E-state index contributed by atoms with van der Waals surface area (Å²) < 4.78 is 0. The molecule has 5 heteroatoms. The number of thioether (sulfide) groups is 1. The third-order valence-electron chi connectivity index (χ3n) is 2.69. The van der Waals surface area contributed by atoms with E-state index in [4.69, 9.17) is 0 Å². The van der Waals surface area contributed by atoms with Gasteiger partial charge in [0.05, 0.1) is 15.9 Å². The first-order chi connectivity index (χ1) is 7.68. The Morgan fingerprint density at radius 2 is 2.25 bits per heavy atom. The zero-order chi connectivity index (χ0) is 11.5. The van der Waals surface area contributed by atoms with Crippen molar-refractivity contribution in [2.75, 3.05) is 5.75 Å². The minimum Gasteiger partial charge on any atom is -0.299 e. The largest absolute Gasteiger partial charge is 0.299 e. The van der Waals surface area contributed by atoms with Crippen molar-refractivity contribution in [1.29, 1.82) is 0 Å². The van der Waals surface area contributed by atoms with E-state index in [0.717, 1.165) is 17.7 Å². The lowest BCUT2D eigenvalue weighted by Crippen LogP contribution is -2.33. The third-order valence-corrected chi connectivity index (χ3v) is 3.88. The van der Waals surface area contributed by atoms with Crippen molar-refractivity contribution < 1.29 is 4.92 Å². The molecular weight excluding hydrogens is 224 g/mol. The highest BCUT2D eigenvalue weighted by Crippen LogP contribution is 2.36. The zero-order valence-electron chi connectivity index (χ0n) is 9.05. The lowest BCUT2D eigenvalue weighted by molar-refractivity contribution is -0.385. The molecule has 86 valence electrons. The van der Waals surface area contributed by atoms with Crippen LogP contribution in [0.2, 0.25) is 0 Å². The molecule has 2 atom stereocenters. The second-order valence-corrected chi connectivity index (χ2v) is 5.14. The molecule has 0 spiro atoms.